The number of allylic oxidation sites excluding steroid dienone is 1. The molecular formula is C10H17N. The molecule has 0 atom stereocenters. The van der Waals surface area contributed by atoms with Gasteiger partial charge in [-0.3, -0.25) is 0 Å². The van der Waals surface area contributed by atoms with Crippen molar-refractivity contribution in [2.45, 2.75) is 45.1 Å². The summed E-state index contributed by atoms with van der Waals surface area (Å²) >= 11 is 0. The zero-order valence-electron chi connectivity index (χ0n) is 7.48. The number of nitrogens with one attached hydrogen (secondary N) is 1. The Labute approximate surface area is 68.9 Å². The Bertz CT molecular complexity index is 187. The Hall–Kier alpha value is -0.460. The first-order chi connectivity index (χ1) is 5.16. The van der Waals surface area contributed by atoms with Crippen molar-refractivity contribution in [1.29, 1.82) is 0 Å². The first-order valence-corrected chi connectivity index (χ1v) is 4.59. The summed E-state index contributed by atoms with van der Waals surface area (Å²) in [6, 6.07) is 0. The van der Waals surface area contributed by atoms with Gasteiger partial charge in [-0.15, -0.1) is 0 Å². The maximum Gasteiger partial charge on any atom is 0.0368 e. The minimum Gasteiger partial charge on any atom is -0.386 e. The van der Waals surface area contributed by atoms with E-state index < -0.39 is 0 Å². The first-order valence-electron chi connectivity index (χ1n) is 4.59. The second-order valence-electron chi connectivity index (χ2n) is 4.49. The Kier molecular flexibility index (Phi) is 1.33. The van der Waals surface area contributed by atoms with Gasteiger partial charge in [-0.05, 0) is 51.1 Å². The van der Waals surface area contributed by atoms with Gasteiger partial charge in [-0.1, -0.05) is 6.08 Å². The van der Waals surface area contributed by atoms with Crippen molar-refractivity contribution in [2.75, 3.05) is 0 Å². The van der Waals surface area contributed by atoms with Crippen LogP contribution in [0.1, 0.15) is 39.5 Å². The van der Waals surface area contributed by atoms with E-state index in [-0.39, 0.29) is 0 Å². The molecule has 1 fully saturated rings. The van der Waals surface area contributed by atoms with Crippen LogP contribution in [-0.4, -0.2) is 5.54 Å². The summed E-state index contributed by atoms with van der Waals surface area (Å²) in [4.78, 5) is 0. The van der Waals surface area contributed by atoms with Crippen LogP contribution in [0.15, 0.2) is 12.3 Å². The standard InChI is InChI=1S/C10H17N/c1-9(2)10(6-7-10)5-3-4-8-11-9/h4,8,11H,3,5-7H2,1-2H3. The molecule has 0 radical (unpaired) electrons. The molecule has 2 rings (SSSR count). The maximum absolute atomic E-state index is 3.49. The van der Waals surface area contributed by atoms with Crippen LogP contribution in [0, 0.1) is 5.41 Å². The van der Waals surface area contributed by atoms with E-state index in [0.717, 1.165) is 0 Å². The third kappa shape index (κ3) is 0.979. The van der Waals surface area contributed by atoms with E-state index in [0.29, 0.717) is 11.0 Å². The third-order valence-corrected chi connectivity index (χ3v) is 3.53. The van der Waals surface area contributed by atoms with Crippen LogP contribution in [0.3, 0.4) is 0 Å². The second-order valence-corrected chi connectivity index (χ2v) is 4.49. The van der Waals surface area contributed by atoms with Crippen molar-refractivity contribution >= 4 is 0 Å². The van der Waals surface area contributed by atoms with Crippen LogP contribution in [-0.2, 0) is 0 Å². The smallest absolute Gasteiger partial charge is 0.0368 e. The van der Waals surface area contributed by atoms with Gasteiger partial charge in [0.1, 0.15) is 0 Å². The average molecular weight is 151 g/mol. The topological polar surface area (TPSA) is 12.0 Å². The molecule has 1 nitrogen and oxygen atoms in total. The van der Waals surface area contributed by atoms with Crippen LogP contribution in [0.5, 0.6) is 0 Å². The van der Waals surface area contributed by atoms with Crippen molar-refractivity contribution < 1.29 is 0 Å². The number of hydrogen-bond acceptors (Lipinski definition) is 1. The average Bonchev–Trinajstić information content (AvgIpc) is 2.68. The highest BCUT2D eigenvalue weighted by Gasteiger charge is 2.53. The van der Waals surface area contributed by atoms with E-state index in [2.05, 4.69) is 31.4 Å². The van der Waals surface area contributed by atoms with E-state index in [1.165, 1.54) is 25.7 Å². The van der Waals surface area contributed by atoms with E-state index in [1.54, 1.807) is 0 Å². The van der Waals surface area contributed by atoms with Crippen molar-refractivity contribution in [1.82, 2.24) is 5.32 Å². The molecule has 1 heterocycles. The van der Waals surface area contributed by atoms with Crippen LogP contribution in [0.25, 0.3) is 0 Å². The molecule has 1 N–H and O–H groups in total. The van der Waals surface area contributed by atoms with Crippen LogP contribution >= 0.6 is 0 Å². The highest BCUT2D eigenvalue weighted by Crippen LogP contribution is 2.57. The number of hydrogen-bond donors (Lipinski definition) is 1. The lowest BCUT2D eigenvalue weighted by atomic mass is 9.81. The molecule has 0 saturated heterocycles. The predicted octanol–water partition coefficient (Wildman–Crippen LogP) is 2.44. The Morgan fingerprint density at radius 3 is 2.55 bits per heavy atom. The lowest BCUT2D eigenvalue weighted by Gasteiger charge is -2.34. The number of rotatable bonds is 0. The summed E-state index contributed by atoms with van der Waals surface area (Å²) < 4.78 is 0. The summed E-state index contributed by atoms with van der Waals surface area (Å²) in [6.45, 7) is 4.66. The molecule has 11 heavy (non-hydrogen) atoms. The normalized spacial score (nSPS) is 31.1. The van der Waals surface area contributed by atoms with Gasteiger partial charge in [0.05, 0.1) is 0 Å². The zero-order valence-corrected chi connectivity index (χ0v) is 7.48. The highest BCUT2D eigenvalue weighted by atomic mass is 15.0. The lowest BCUT2D eigenvalue weighted by molar-refractivity contribution is 0.247. The van der Waals surface area contributed by atoms with Gasteiger partial charge in [-0.25, -0.2) is 0 Å². The third-order valence-electron chi connectivity index (χ3n) is 3.53. The first kappa shape index (κ1) is 7.20. The summed E-state index contributed by atoms with van der Waals surface area (Å²) in [5, 5.41) is 3.49. The van der Waals surface area contributed by atoms with Gasteiger partial charge in [0, 0.05) is 5.54 Å². The Balaban J connectivity index is 2.20. The summed E-state index contributed by atoms with van der Waals surface area (Å²) in [6.07, 6.45) is 9.88. The molecule has 0 amide bonds. The fourth-order valence-corrected chi connectivity index (χ4v) is 2.20. The van der Waals surface area contributed by atoms with Crippen LogP contribution < -0.4 is 5.32 Å². The molecular weight excluding hydrogens is 134 g/mol. The van der Waals surface area contributed by atoms with Gasteiger partial charge in [-0.2, -0.15) is 0 Å². The van der Waals surface area contributed by atoms with E-state index in [4.69, 9.17) is 0 Å². The summed E-state index contributed by atoms with van der Waals surface area (Å²) in [5.41, 5.74) is 0.969. The molecule has 1 aliphatic heterocycles. The Morgan fingerprint density at radius 2 is 1.91 bits per heavy atom. The van der Waals surface area contributed by atoms with Gasteiger partial charge in [0.15, 0.2) is 0 Å². The molecule has 1 heteroatoms. The molecule has 0 aromatic rings. The Morgan fingerprint density at radius 1 is 1.18 bits per heavy atom. The summed E-state index contributed by atoms with van der Waals surface area (Å²) in [7, 11) is 0. The van der Waals surface area contributed by atoms with Gasteiger partial charge in [0.25, 0.3) is 0 Å². The van der Waals surface area contributed by atoms with Gasteiger partial charge in [0.2, 0.25) is 0 Å². The van der Waals surface area contributed by atoms with E-state index >= 15 is 0 Å². The molecule has 0 aromatic carbocycles. The molecule has 0 unspecified atom stereocenters. The molecule has 1 saturated carbocycles. The van der Waals surface area contributed by atoms with Crippen molar-refractivity contribution in [2.24, 2.45) is 5.41 Å². The molecule has 0 bridgehead atoms. The zero-order chi connectivity index (χ0) is 7.95. The van der Waals surface area contributed by atoms with Crippen molar-refractivity contribution in [3.05, 3.63) is 12.3 Å². The van der Waals surface area contributed by atoms with E-state index in [1.807, 2.05) is 0 Å². The van der Waals surface area contributed by atoms with Gasteiger partial charge >= 0.3 is 0 Å². The van der Waals surface area contributed by atoms with Crippen molar-refractivity contribution in [3.8, 4) is 0 Å². The quantitative estimate of drug-likeness (QED) is 0.560. The maximum atomic E-state index is 3.49. The predicted molar refractivity (Wildman–Crippen MR) is 47.3 cm³/mol. The molecule has 0 aromatic heterocycles. The monoisotopic (exact) mass is 151 g/mol. The fraction of sp³-hybridized carbons (Fsp3) is 0.800. The minimum absolute atomic E-state index is 0.333. The molecule has 2 aliphatic rings. The molecule has 1 aliphatic carbocycles. The van der Waals surface area contributed by atoms with Gasteiger partial charge < -0.3 is 5.32 Å². The second kappa shape index (κ2) is 2.02. The van der Waals surface area contributed by atoms with Crippen LogP contribution in [0.4, 0.5) is 0 Å². The molecule has 1 spiro atoms. The van der Waals surface area contributed by atoms with Crippen molar-refractivity contribution in [3.63, 3.8) is 0 Å². The lowest BCUT2D eigenvalue weighted by Crippen LogP contribution is -2.43. The van der Waals surface area contributed by atoms with Crippen LogP contribution in [0.2, 0.25) is 0 Å². The van der Waals surface area contributed by atoms with E-state index in [9.17, 15) is 0 Å². The minimum atomic E-state index is 0.333. The molecule has 62 valence electrons. The SMILES string of the molecule is CC1(C)NC=CCCC12CC2. The summed E-state index contributed by atoms with van der Waals surface area (Å²) in [5.74, 6) is 0. The highest BCUT2D eigenvalue weighted by molar-refractivity contribution is 5.12. The fourth-order valence-electron chi connectivity index (χ4n) is 2.20. The largest absolute Gasteiger partial charge is 0.386 e.